The van der Waals surface area contributed by atoms with Gasteiger partial charge in [-0.15, -0.1) is 0 Å². The number of amides is 2. The molecule has 0 aromatic heterocycles. The van der Waals surface area contributed by atoms with E-state index in [1.54, 1.807) is 12.1 Å². The quantitative estimate of drug-likeness (QED) is 0.322. The highest BCUT2D eigenvalue weighted by atomic mass is 19.1. The van der Waals surface area contributed by atoms with Crippen LogP contribution in [0, 0.1) is 29.5 Å². The fourth-order valence-electron chi connectivity index (χ4n) is 4.86. The largest absolute Gasteiger partial charge is 0.454 e. The summed E-state index contributed by atoms with van der Waals surface area (Å²) in [6.07, 6.45) is 4.88. The molecule has 4 atom stereocenters. The minimum absolute atomic E-state index is 0.0991. The van der Waals surface area contributed by atoms with Crippen LogP contribution in [0.5, 0.6) is 0 Å². The third-order valence-electron chi connectivity index (χ3n) is 6.31. The van der Waals surface area contributed by atoms with Crippen molar-refractivity contribution in [3.63, 3.8) is 0 Å². The normalized spacial score (nSPS) is 25.8. The van der Waals surface area contributed by atoms with Crippen LogP contribution < -0.4 is 4.90 Å². The Hall–Kier alpha value is -3.61. The maximum absolute atomic E-state index is 13.0. The maximum Gasteiger partial charge on any atom is 0.338 e. The number of rotatable bonds is 5. The summed E-state index contributed by atoms with van der Waals surface area (Å²) in [7, 11) is 0. The van der Waals surface area contributed by atoms with Crippen LogP contribution in [0.2, 0.25) is 0 Å². The number of ether oxygens (including phenoxy) is 1. The fourth-order valence-corrected chi connectivity index (χ4v) is 4.86. The molecule has 2 bridgehead atoms. The van der Waals surface area contributed by atoms with Crippen LogP contribution in [0.15, 0.2) is 60.7 Å². The van der Waals surface area contributed by atoms with Crippen molar-refractivity contribution in [2.24, 2.45) is 23.7 Å². The van der Waals surface area contributed by atoms with Crippen molar-refractivity contribution in [3.05, 3.63) is 77.6 Å². The van der Waals surface area contributed by atoms with Crippen LogP contribution in [0.1, 0.15) is 27.1 Å². The van der Waals surface area contributed by atoms with Crippen molar-refractivity contribution in [1.82, 2.24) is 0 Å². The number of carbonyl (C=O) groups excluding carboxylic acids is 4. The molecule has 1 saturated carbocycles. The van der Waals surface area contributed by atoms with E-state index in [0.717, 1.165) is 18.6 Å². The number of esters is 1. The van der Waals surface area contributed by atoms with Gasteiger partial charge >= 0.3 is 5.97 Å². The molecule has 1 heterocycles. The molecule has 31 heavy (non-hydrogen) atoms. The lowest BCUT2D eigenvalue weighted by atomic mass is 9.85. The highest BCUT2D eigenvalue weighted by Gasteiger charge is 2.59. The molecule has 2 aromatic carbocycles. The highest BCUT2D eigenvalue weighted by molar-refractivity contribution is 6.23. The fraction of sp³-hybridized carbons (Fsp3) is 0.250. The molecule has 6 nitrogen and oxygen atoms in total. The number of imide groups is 1. The molecule has 0 radical (unpaired) electrons. The monoisotopic (exact) mass is 419 g/mol. The van der Waals surface area contributed by atoms with Gasteiger partial charge in [-0.1, -0.05) is 18.2 Å². The lowest BCUT2D eigenvalue weighted by Gasteiger charge is -2.18. The minimum Gasteiger partial charge on any atom is -0.454 e. The summed E-state index contributed by atoms with van der Waals surface area (Å²) in [5.41, 5.74) is 0.678. The molecule has 0 spiro atoms. The number of benzene rings is 2. The summed E-state index contributed by atoms with van der Waals surface area (Å²) in [5.74, 6) is -2.61. The zero-order valence-electron chi connectivity index (χ0n) is 16.4. The van der Waals surface area contributed by atoms with Gasteiger partial charge in [0.25, 0.3) is 0 Å². The predicted octanol–water partition coefficient (Wildman–Crippen LogP) is 3.18. The molecule has 2 aliphatic carbocycles. The number of nitrogens with zero attached hydrogens (tertiary/aromatic N) is 1. The van der Waals surface area contributed by atoms with Crippen LogP contribution >= 0.6 is 0 Å². The van der Waals surface area contributed by atoms with E-state index in [1.807, 2.05) is 12.2 Å². The van der Waals surface area contributed by atoms with Gasteiger partial charge in [-0.3, -0.25) is 14.4 Å². The van der Waals surface area contributed by atoms with Crippen LogP contribution in [0.4, 0.5) is 10.1 Å². The van der Waals surface area contributed by atoms with E-state index in [0.29, 0.717) is 5.69 Å². The average Bonchev–Trinajstić information content (AvgIpc) is 3.46. The molecule has 5 rings (SSSR count). The van der Waals surface area contributed by atoms with Crippen molar-refractivity contribution in [2.45, 2.75) is 6.42 Å². The summed E-state index contributed by atoms with van der Waals surface area (Å²) in [6, 6.07) is 11.0. The van der Waals surface area contributed by atoms with Crippen molar-refractivity contribution in [2.75, 3.05) is 11.5 Å². The van der Waals surface area contributed by atoms with Gasteiger partial charge in [-0.25, -0.2) is 14.1 Å². The Morgan fingerprint density at radius 2 is 1.58 bits per heavy atom. The van der Waals surface area contributed by atoms with E-state index in [9.17, 15) is 23.6 Å². The minimum atomic E-state index is -0.752. The molecular weight excluding hydrogens is 401 g/mol. The lowest BCUT2D eigenvalue weighted by molar-refractivity contribution is -0.123. The van der Waals surface area contributed by atoms with Gasteiger partial charge in [0.1, 0.15) is 5.82 Å². The molecule has 1 saturated heterocycles. The Balaban J connectivity index is 1.30. The molecule has 2 aromatic rings. The second kappa shape index (κ2) is 7.27. The number of Topliss-reactive ketones (excluding diaryl/α,β-unsaturated/α-hetero) is 1. The first-order valence-corrected chi connectivity index (χ1v) is 10.1. The molecule has 7 heteroatoms. The first-order chi connectivity index (χ1) is 14.9. The van der Waals surface area contributed by atoms with Gasteiger partial charge in [-0.2, -0.15) is 0 Å². The SMILES string of the molecule is O=C(COC(=O)c1cccc(N2C(=O)[C@H]3[C@H](C2=O)[C@H]2C=C[C@H]3C2)c1)c1ccc(F)cc1. The summed E-state index contributed by atoms with van der Waals surface area (Å²) in [4.78, 5) is 51.6. The second-order valence-corrected chi connectivity index (χ2v) is 8.07. The van der Waals surface area contributed by atoms with E-state index in [1.165, 1.54) is 29.2 Å². The second-order valence-electron chi connectivity index (χ2n) is 8.07. The van der Waals surface area contributed by atoms with Crippen molar-refractivity contribution >= 4 is 29.3 Å². The topological polar surface area (TPSA) is 80.8 Å². The van der Waals surface area contributed by atoms with Gasteiger partial charge in [0, 0.05) is 5.56 Å². The van der Waals surface area contributed by atoms with Gasteiger partial charge in [0.2, 0.25) is 11.8 Å². The molecular formula is C24H18FNO5. The third-order valence-corrected chi connectivity index (χ3v) is 6.31. The van der Waals surface area contributed by atoms with Gasteiger partial charge in [-0.05, 0) is 60.7 Å². The van der Waals surface area contributed by atoms with Gasteiger partial charge in [0.15, 0.2) is 12.4 Å². The van der Waals surface area contributed by atoms with Crippen LogP contribution in [-0.4, -0.2) is 30.2 Å². The summed E-state index contributed by atoms with van der Waals surface area (Å²) < 4.78 is 18.1. The Morgan fingerprint density at radius 3 is 2.23 bits per heavy atom. The Labute approximate surface area is 177 Å². The van der Waals surface area contributed by atoms with Crippen LogP contribution in [0.25, 0.3) is 0 Å². The van der Waals surface area contributed by atoms with Crippen molar-refractivity contribution in [1.29, 1.82) is 0 Å². The summed E-state index contributed by atoms with van der Waals surface area (Å²) >= 11 is 0. The molecule has 156 valence electrons. The summed E-state index contributed by atoms with van der Waals surface area (Å²) in [5, 5.41) is 0. The average molecular weight is 419 g/mol. The van der Waals surface area contributed by atoms with E-state index < -0.39 is 24.2 Å². The number of hydrogen-bond donors (Lipinski definition) is 0. The zero-order valence-corrected chi connectivity index (χ0v) is 16.4. The number of hydrogen-bond acceptors (Lipinski definition) is 5. The smallest absolute Gasteiger partial charge is 0.338 e. The van der Waals surface area contributed by atoms with E-state index >= 15 is 0 Å². The van der Waals surface area contributed by atoms with Gasteiger partial charge < -0.3 is 4.74 Å². The Morgan fingerprint density at radius 1 is 0.935 bits per heavy atom. The van der Waals surface area contributed by atoms with Crippen LogP contribution in [0.3, 0.4) is 0 Å². The van der Waals surface area contributed by atoms with Crippen molar-refractivity contribution < 1.29 is 28.3 Å². The first kappa shape index (κ1) is 19.4. The number of allylic oxidation sites excluding steroid dienone is 2. The van der Waals surface area contributed by atoms with E-state index in [4.69, 9.17) is 4.74 Å². The molecule has 3 aliphatic rings. The van der Waals surface area contributed by atoms with Crippen molar-refractivity contribution in [3.8, 4) is 0 Å². The van der Waals surface area contributed by atoms with E-state index in [2.05, 4.69) is 0 Å². The Bertz CT molecular complexity index is 1110. The molecule has 1 aliphatic heterocycles. The number of fused-ring (bicyclic) bond motifs is 5. The standard InChI is InChI=1S/C24H18FNO5/c25-17-8-6-13(7-9-17)19(27)12-31-24(30)16-2-1-3-18(11-16)26-22(28)20-14-4-5-15(10-14)21(20)23(26)29/h1-9,11,14-15,20-21H,10,12H2/t14-,15-,20+,21+/m0/s1. The number of carbonyl (C=O) groups is 4. The molecule has 0 N–H and O–H groups in total. The lowest BCUT2D eigenvalue weighted by Crippen LogP contribution is -2.33. The number of anilines is 1. The predicted molar refractivity (Wildman–Crippen MR) is 108 cm³/mol. The number of ketones is 1. The highest BCUT2D eigenvalue weighted by Crippen LogP contribution is 2.53. The zero-order chi connectivity index (χ0) is 21.7. The molecule has 0 unspecified atom stereocenters. The molecule has 2 amide bonds. The molecule has 2 fully saturated rings. The van der Waals surface area contributed by atoms with E-state index in [-0.39, 0.29) is 46.6 Å². The summed E-state index contributed by atoms with van der Waals surface area (Å²) in [6.45, 7) is -0.505. The van der Waals surface area contributed by atoms with Crippen LogP contribution in [-0.2, 0) is 14.3 Å². The maximum atomic E-state index is 13.0. The third kappa shape index (κ3) is 3.17. The number of halogens is 1. The Kier molecular flexibility index (Phi) is 4.54. The first-order valence-electron chi connectivity index (χ1n) is 10.1. The van der Waals surface area contributed by atoms with Gasteiger partial charge in [0.05, 0.1) is 23.1 Å².